The first-order chi connectivity index (χ1) is 29.0. The number of oxime groups is 1. The molecule has 1 aromatic heterocycles. The number of amides is 1. The van der Waals surface area contributed by atoms with Gasteiger partial charge in [-0.3, -0.25) is 14.7 Å². The van der Waals surface area contributed by atoms with Crippen molar-refractivity contribution in [3.05, 3.63) is 41.4 Å². The van der Waals surface area contributed by atoms with Crippen LogP contribution in [0.2, 0.25) is 0 Å². The molecule has 0 saturated carbocycles. The summed E-state index contributed by atoms with van der Waals surface area (Å²) in [7, 11) is 3.88. The van der Waals surface area contributed by atoms with Crippen molar-refractivity contribution in [3.8, 4) is 10.6 Å². The van der Waals surface area contributed by atoms with Crippen LogP contribution in [-0.2, 0) is 44.7 Å². The second kappa shape index (κ2) is 18.7. The lowest BCUT2D eigenvalue weighted by Gasteiger charge is -2.48. The number of hydrogen-bond acceptors (Lipinski definition) is 15. The molecule has 4 fully saturated rings. The minimum atomic E-state index is -1.14. The molecule has 5 aliphatic heterocycles. The number of carbonyl (C=O) groups is 2. The average Bonchev–Trinajstić information content (AvgIpc) is 3.81. The highest BCUT2D eigenvalue weighted by Crippen LogP contribution is 2.45. The van der Waals surface area contributed by atoms with Gasteiger partial charge in [0.05, 0.1) is 55.6 Å². The highest BCUT2D eigenvalue weighted by molar-refractivity contribution is 7.13. The Morgan fingerprint density at radius 1 is 1.07 bits per heavy atom. The van der Waals surface area contributed by atoms with Gasteiger partial charge in [-0.25, -0.2) is 9.78 Å². The van der Waals surface area contributed by atoms with E-state index >= 15 is 0 Å². The number of nitrogens with zero attached hydrogens (tertiary/aromatic N) is 5. The van der Waals surface area contributed by atoms with Gasteiger partial charge >= 0.3 is 12.1 Å². The first kappa shape index (κ1) is 45.5. The van der Waals surface area contributed by atoms with Crippen LogP contribution in [0.15, 0.2) is 46.0 Å². The van der Waals surface area contributed by atoms with E-state index in [9.17, 15) is 14.7 Å². The third-order valence-electron chi connectivity index (χ3n) is 13.6. The fourth-order valence-electron chi connectivity index (χ4n) is 10.5. The summed E-state index contributed by atoms with van der Waals surface area (Å²) in [4.78, 5) is 47.4. The van der Waals surface area contributed by atoms with Crippen molar-refractivity contribution in [2.24, 2.45) is 33.8 Å². The van der Waals surface area contributed by atoms with Crippen LogP contribution in [0, 0.1) is 23.7 Å². The predicted molar refractivity (Wildman–Crippen MR) is 230 cm³/mol. The summed E-state index contributed by atoms with van der Waals surface area (Å²) in [5, 5.41) is 19.3. The van der Waals surface area contributed by atoms with Crippen LogP contribution < -0.4 is 0 Å². The van der Waals surface area contributed by atoms with Gasteiger partial charge in [0, 0.05) is 47.3 Å². The number of fused-ring (bicyclic) bond motifs is 4. The van der Waals surface area contributed by atoms with Gasteiger partial charge in [-0.2, -0.15) is 0 Å². The number of aliphatic hydroxyl groups excluding tert-OH is 1. The van der Waals surface area contributed by atoms with Crippen LogP contribution in [0.3, 0.4) is 0 Å². The van der Waals surface area contributed by atoms with E-state index in [1.807, 2.05) is 83.3 Å². The van der Waals surface area contributed by atoms with E-state index in [1.165, 1.54) is 0 Å². The first-order valence-electron chi connectivity index (χ1n) is 21.9. The highest BCUT2D eigenvalue weighted by Gasteiger charge is 2.60. The molecule has 0 radical (unpaired) electrons. The van der Waals surface area contributed by atoms with Crippen molar-refractivity contribution in [2.75, 3.05) is 40.4 Å². The van der Waals surface area contributed by atoms with Crippen molar-refractivity contribution in [2.45, 2.75) is 141 Å². The Morgan fingerprint density at radius 2 is 1.82 bits per heavy atom. The van der Waals surface area contributed by atoms with Gasteiger partial charge in [-0.05, 0) is 72.5 Å². The summed E-state index contributed by atoms with van der Waals surface area (Å²) in [5.41, 5.74) is 1.14. The maximum Gasteiger partial charge on any atom is 0.410 e. The predicted octanol–water partition coefficient (Wildman–Crippen LogP) is 5.97. The maximum absolute atomic E-state index is 14.6. The van der Waals surface area contributed by atoms with Crippen molar-refractivity contribution in [1.29, 1.82) is 0 Å². The van der Waals surface area contributed by atoms with Crippen LogP contribution >= 0.6 is 11.3 Å². The molecule has 7 rings (SSSR count). The molecule has 1 N–H and O–H groups in total. The van der Waals surface area contributed by atoms with Crippen LogP contribution in [0.1, 0.15) is 80.2 Å². The Labute approximate surface area is 364 Å². The molecule has 0 aliphatic carbocycles. The normalized spacial score (nSPS) is 39.4. The smallest absolute Gasteiger partial charge is 0.410 e. The summed E-state index contributed by atoms with van der Waals surface area (Å²) in [6.45, 7) is 16.8. The number of benzene rings is 1. The van der Waals surface area contributed by atoms with Crippen LogP contribution in [0.4, 0.5) is 4.79 Å². The van der Waals surface area contributed by atoms with Gasteiger partial charge in [-0.15, -0.1) is 11.3 Å². The number of carbonyl (C=O) groups excluding carboxylic acids is 2. The lowest BCUT2D eigenvalue weighted by atomic mass is 9.72. The molecule has 336 valence electrons. The Balaban J connectivity index is 1.27. The number of aliphatic imine (C=N–C) groups is 1. The molecule has 14 atom stereocenters. The highest BCUT2D eigenvalue weighted by atomic mass is 32.1. The summed E-state index contributed by atoms with van der Waals surface area (Å²) < 4.78 is 39.9. The standard InChI is InChI=1S/C45H65N5O10S/c1-11-34-45(8)38-27(4)35(46-16-18-50(38)43(53)60-45)25(2)21-44(7)39(59-42-36(51)33(49(9)10)20-26(3)57-42)28(5)37(29(6)41(52)58-34)54-23-32(24-55-44)48-56-22-30-12-14-31(15-13-30)40-47-17-19-61-40/h12-15,17,19,25-29,33-34,36-39,42,51H,11,16,18,20-24H2,1-10H3/t25-,26+,27+,28-,29-,33-,34+,36+,37+,38-,39+,42-,44-,45-/m1/s1. The summed E-state index contributed by atoms with van der Waals surface area (Å²) >= 11 is 1.58. The monoisotopic (exact) mass is 867 g/mol. The Kier molecular flexibility index (Phi) is 13.9. The van der Waals surface area contributed by atoms with Crippen LogP contribution in [0.25, 0.3) is 10.6 Å². The summed E-state index contributed by atoms with van der Waals surface area (Å²) in [6, 6.07) is 7.35. The number of likely N-dealkylation sites (N-methyl/N-ethyl adjacent to an activating group) is 1. The quantitative estimate of drug-likeness (QED) is 0.245. The van der Waals surface area contributed by atoms with Crippen molar-refractivity contribution >= 4 is 34.8 Å². The molecule has 61 heavy (non-hydrogen) atoms. The SMILES string of the molecule is CC[C@@H]1OC(=O)[C@H](C)[C@H]2OCC(=NOCc3ccc(-c4nccs4)cc3)CO[C@](C)(C[C@@H](C)C3=NCCN4C(=O)O[C@@]1(C)[C@H]4[C@H]3C)[C@@H](O[C@H]1O[C@@H](C)C[C@@H](N(C)C)[C@@H]1O)[C@@H]2C. The summed E-state index contributed by atoms with van der Waals surface area (Å²) in [6.07, 6.45) is -1.63. The number of hydrogen-bond donors (Lipinski definition) is 1. The molecule has 16 heteroatoms. The molecule has 2 aromatic rings. The van der Waals surface area contributed by atoms with E-state index in [0.29, 0.717) is 38.1 Å². The number of cyclic esters (lactones) is 1. The molecule has 5 aliphatic rings. The molecule has 0 spiro atoms. The number of aliphatic hydroxyl groups is 1. The number of esters is 1. The molecule has 4 bridgehead atoms. The van der Waals surface area contributed by atoms with Gasteiger partial charge in [-0.1, -0.05) is 57.1 Å². The zero-order valence-corrected chi connectivity index (χ0v) is 38.1. The van der Waals surface area contributed by atoms with E-state index in [4.69, 9.17) is 38.3 Å². The van der Waals surface area contributed by atoms with Crippen molar-refractivity contribution in [3.63, 3.8) is 0 Å². The fraction of sp³-hybridized carbons (Fsp3) is 0.711. The maximum atomic E-state index is 14.6. The van der Waals surface area contributed by atoms with Gasteiger partial charge in [0.15, 0.2) is 11.9 Å². The minimum Gasteiger partial charge on any atom is -0.458 e. The molecular formula is C45H65N5O10S. The molecule has 15 nitrogen and oxygen atoms in total. The van der Waals surface area contributed by atoms with Gasteiger partial charge in [0.25, 0.3) is 0 Å². The topological polar surface area (TPSA) is 163 Å². The third kappa shape index (κ3) is 9.27. The largest absolute Gasteiger partial charge is 0.458 e. The first-order valence-corrected chi connectivity index (χ1v) is 22.7. The van der Waals surface area contributed by atoms with Crippen LogP contribution in [0.5, 0.6) is 0 Å². The number of thiazole rings is 1. The van der Waals surface area contributed by atoms with Gasteiger partial charge in [0.1, 0.15) is 29.5 Å². The second-order valence-corrected chi connectivity index (χ2v) is 19.2. The van der Waals surface area contributed by atoms with E-state index in [0.717, 1.165) is 21.8 Å². The Morgan fingerprint density at radius 3 is 2.51 bits per heavy atom. The van der Waals surface area contributed by atoms with E-state index < -0.39 is 71.8 Å². The number of aromatic nitrogens is 1. The van der Waals surface area contributed by atoms with E-state index in [2.05, 4.69) is 24.0 Å². The Bertz CT molecular complexity index is 1900. The fourth-order valence-corrected chi connectivity index (χ4v) is 11.2. The lowest BCUT2D eigenvalue weighted by molar-refractivity contribution is -0.302. The van der Waals surface area contributed by atoms with Crippen molar-refractivity contribution in [1.82, 2.24) is 14.8 Å². The van der Waals surface area contributed by atoms with Crippen molar-refractivity contribution < 1.29 is 48.0 Å². The number of ether oxygens (including phenoxy) is 6. The lowest BCUT2D eigenvalue weighted by Crippen LogP contribution is -2.60. The van der Waals surface area contributed by atoms with Crippen LogP contribution in [-0.4, -0.2) is 144 Å². The van der Waals surface area contributed by atoms with Gasteiger partial charge in [0.2, 0.25) is 0 Å². The average molecular weight is 868 g/mol. The second-order valence-electron chi connectivity index (χ2n) is 18.3. The third-order valence-corrected chi connectivity index (χ3v) is 14.4. The van der Waals surface area contributed by atoms with E-state index in [-0.39, 0.29) is 43.8 Å². The zero-order valence-electron chi connectivity index (χ0n) is 37.3. The number of rotatable bonds is 8. The molecule has 0 unspecified atom stereocenters. The molecular weight excluding hydrogens is 803 g/mol. The van der Waals surface area contributed by atoms with Gasteiger partial charge < -0.3 is 43.3 Å². The van der Waals surface area contributed by atoms with E-state index in [1.54, 1.807) is 29.4 Å². The Hall–Kier alpha value is -3.51. The summed E-state index contributed by atoms with van der Waals surface area (Å²) in [5.74, 6) is -2.24. The zero-order chi connectivity index (χ0) is 43.8. The minimum absolute atomic E-state index is 0.00354. The molecule has 1 aromatic carbocycles. The molecule has 6 heterocycles. The molecule has 1 amide bonds. The molecule has 4 saturated heterocycles.